The Hall–Kier alpha value is -1.89. The monoisotopic (exact) mass is 277 g/mol. The van der Waals surface area contributed by atoms with Gasteiger partial charge in [-0.2, -0.15) is 9.97 Å². The van der Waals surface area contributed by atoms with Gasteiger partial charge in [0, 0.05) is 26.7 Å². The molecule has 2 rings (SSSR count). The largest absolute Gasteiger partial charge is 0.357 e. The summed E-state index contributed by atoms with van der Waals surface area (Å²) in [7, 11) is 5.98. The van der Waals surface area contributed by atoms with Crippen molar-refractivity contribution in [2.75, 3.05) is 51.0 Å². The van der Waals surface area contributed by atoms with E-state index in [1.165, 1.54) is 0 Å². The second-order valence-corrected chi connectivity index (χ2v) is 5.01. The van der Waals surface area contributed by atoms with E-state index in [4.69, 9.17) is 0 Å². The average Bonchev–Trinajstić information content (AvgIpc) is 2.90. The van der Waals surface area contributed by atoms with E-state index in [2.05, 4.69) is 56.1 Å². The van der Waals surface area contributed by atoms with E-state index in [-0.39, 0.29) is 0 Å². The highest BCUT2D eigenvalue weighted by Gasteiger charge is 2.15. The first-order chi connectivity index (χ1) is 9.65. The molecular weight excluding hydrogens is 254 g/mol. The van der Waals surface area contributed by atoms with Crippen molar-refractivity contribution in [3.8, 4) is 0 Å². The van der Waals surface area contributed by atoms with Gasteiger partial charge in [0.15, 0.2) is 11.5 Å². The van der Waals surface area contributed by atoms with Crippen LogP contribution in [0.1, 0.15) is 13.3 Å². The first-order valence-corrected chi connectivity index (χ1v) is 6.94. The summed E-state index contributed by atoms with van der Waals surface area (Å²) in [5.41, 5.74) is 1.60. The van der Waals surface area contributed by atoms with Gasteiger partial charge < -0.3 is 20.1 Å². The number of H-pyrrole nitrogens is 1. The third kappa shape index (κ3) is 3.16. The number of hydrogen-bond donors (Lipinski definition) is 2. The Bertz CT molecular complexity index is 549. The van der Waals surface area contributed by atoms with Crippen LogP contribution in [0.15, 0.2) is 6.33 Å². The van der Waals surface area contributed by atoms with Crippen LogP contribution in [0.4, 0.5) is 11.8 Å². The van der Waals surface area contributed by atoms with Gasteiger partial charge in [-0.1, -0.05) is 6.92 Å². The zero-order chi connectivity index (χ0) is 14.5. The predicted octanol–water partition coefficient (Wildman–Crippen LogP) is 1.17. The van der Waals surface area contributed by atoms with Crippen LogP contribution in [0.5, 0.6) is 0 Å². The van der Waals surface area contributed by atoms with Gasteiger partial charge in [-0.3, -0.25) is 0 Å². The molecule has 2 N–H and O–H groups in total. The fourth-order valence-electron chi connectivity index (χ4n) is 2.07. The number of likely N-dealkylation sites (N-methyl/N-ethyl adjacent to an activating group) is 1. The van der Waals surface area contributed by atoms with Gasteiger partial charge in [0.05, 0.1) is 6.33 Å². The zero-order valence-electron chi connectivity index (χ0n) is 12.6. The van der Waals surface area contributed by atoms with Crippen molar-refractivity contribution in [1.82, 2.24) is 24.8 Å². The van der Waals surface area contributed by atoms with Crippen LogP contribution < -0.4 is 10.2 Å². The molecule has 2 aromatic rings. The molecule has 0 saturated heterocycles. The Morgan fingerprint density at radius 2 is 2.00 bits per heavy atom. The second-order valence-electron chi connectivity index (χ2n) is 5.01. The van der Waals surface area contributed by atoms with Crippen molar-refractivity contribution in [1.29, 1.82) is 0 Å². The van der Waals surface area contributed by atoms with E-state index >= 15 is 0 Å². The van der Waals surface area contributed by atoms with Gasteiger partial charge >= 0.3 is 0 Å². The molecule has 0 aliphatic carbocycles. The van der Waals surface area contributed by atoms with Gasteiger partial charge in [0.2, 0.25) is 5.95 Å². The molecule has 0 unspecified atom stereocenters. The normalized spacial score (nSPS) is 11.2. The highest BCUT2D eigenvalue weighted by Crippen LogP contribution is 2.22. The number of aromatic amines is 1. The summed E-state index contributed by atoms with van der Waals surface area (Å²) in [4.78, 5) is 20.8. The number of fused-ring (bicyclic) bond motifs is 1. The number of nitrogens with zero attached hydrogens (tertiary/aromatic N) is 5. The van der Waals surface area contributed by atoms with E-state index in [1.807, 2.05) is 7.05 Å². The summed E-state index contributed by atoms with van der Waals surface area (Å²) >= 11 is 0. The molecule has 7 heteroatoms. The summed E-state index contributed by atoms with van der Waals surface area (Å²) in [6, 6.07) is 0. The van der Waals surface area contributed by atoms with E-state index < -0.39 is 0 Å². The predicted molar refractivity (Wildman–Crippen MR) is 82.3 cm³/mol. The minimum absolute atomic E-state index is 0.602. The zero-order valence-corrected chi connectivity index (χ0v) is 12.6. The number of nitrogens with one attached hydrogen (secondary N) is 2. The molecule has 110 valence electrons. The highest BCUT2D eigenvalue weighted by molar-refractivity contribution is 5.84. The Labute approximate surface area is 119 Å². The molecule has 0 aromatic carbocycles. The fourth-order valence-corrected chi connectivity index (χ4v) is 2.07. The first kappa shape index (κ1) is 14.5. The molecule has 20 heavy (non-hydrogen) atoms. The van der Waals surface area contributed by atoms with Crippen LogP contribution in [0.25, 0.3) is 11.2 Å². The maximum absolute atomic E-state index is 4.60. The van der Waals surface area contributed by atoms with Crippen LogP contribution in [0, 0.1) is 0 Å². The number of anilines is 2. The van der Waals surface area contributed by atoms with E-state index in [9.17, 15) is 0 Å². The van der Waals surface area contributed by atoms with Crippen LogP contribution in [0.3, 0.4) is 0 Å². The molecule has 0 atom stereocenters. The van der Waals surface area contributed by atoms with Crippen molar-refractivity contribution >= 4 is 22.9 Å². The summed E-state index contributed by atoms with van der Waals surface area (Å²) < 4.78 is 0. The maximum atomic E-state index is 4.60. The lowest BCUT2D eigenvalue weighted by Gasteiger charge is -2.25. The van der Waals surface area contributed by atoms with Crippen molar-refractivity contribution in [2.45, 2.75) is 13.3 Å². The minimum atomic E-state index is 0.602. The molecule has 0 aliphatic rings. The van der Waals surface area contributed by atoms with Crippen LogP contribution in [-0.2, 0) is 0 Å². The molecule has 2 aromatic heterocycles. The van der Waals surface area contributed by atoms with Crippen molar-refractivity contribution in [3.63, 3.8) is 0 Å². The molecule has 0 fully saturated rings. The topological polar surface area (TPSA) is 73.0 Å². The van der Waals surface area contributed by atoms with E-state index in [0.717, 1.165) is 37.4 Å². The van der Waals surface area contributed by atoms with Crippen molar-refractivity contribution in [2.24, 2.45) is 0 Å². The number of hydrogen-bond acceptors (Lipinski definition) is 6. The van der Waals surface area contributed by atoms with Gasteiger partial charge in [-0.15, -0.1) is 0 Å². The summed E-state index contributed by atoms with van der Waals surface area (Å²) in [5, 5.41) is 3.00. The molecule has 0 aliphatic heterocycles. The highest BCUT2D eigenvalue weighted by atomic mass is 15.3. The molecule has 0 radical (unpaired) electrons. The Balaban J connectivity index is 2.37. The smallest absolute Gasteiger partial charge is 0.226 e. The Morgan fingerprint density at radius 3 is 2.65 bits per heavy atom. The standard InChI is InChI=1S/C13H23N7/c1-5-6-20(8-7-19(3)4)12-10-11(16-9-15-10)17-13(14-2)18-12/h9H,5-8H2,1-4H3,(H2,14,15,16,17,18). The number of imidazole rings is 1. The van der Waals surface area contributed by atoms with Crippen LogP contribution in [0.2, 0.25) is 0 Å². The molecule has 0 saturated carbocycles. The van der Waals surface area contributed by atoms with E-state index in [1.54, 1.807) is 6.33 Å². The molecule has 2 heterocycles. The fraction of sp³-hybridized carbons (Fsp3) is 0.615. The van der Waals surface area contributed by atoms with Gasteiger partial charge in [-0.25, -0.2) is 4.98 Å². The molecule has 0 amide bonds. The van der Waals surface area contributed by atoms with Gasteiger partial charge in [0.25, 0.3) is 0 Å². The number of rotatable bonds is 7. The lowest BCUT2D eigenvalue weighted by Crippen LogP contribution is -2.33. The van der Waals surface area contributed by atoms with E-state index in [0.29, 0.717) is 11.6 Å². The third-order valence-electron chi connectivity index (χ3n) is 3.10. The molecule has 0 spiro atoms. The summed E-state index contributed by atoms with van der Waals surface area (Å²) in [5.74, 6) is 1.52. The summed E-state index contributed by atoms with van der Waals surface area (Å²) in [6.45, 7) is 5.04. The lowest BCUT2D eigenvalue weighted by molar-refractivity contribution is 0.412. The van der Waals surface area contributed by atoms with Crippen LogP contribution in [-0.4, -0.2) is 65.6 Å². The first-order valence-electron chi connectivity index (χ1n) is 6.94. The van der Waals surface area contributed by atoms with Crippen LogP contribution >= 0.6 is 0 Å². The van der Waals surface area contributed by atoms with Crippen molar-refractivity contribution < 1.29 is 0 Å². The lowest BCUT2D eigenvalue weighted by atomic mass is 10.3. The summed E-state index contributed by atoms with van der Waals surface area (Å²) in [6.07, 6.45) is 2.74. The second kappa shape index (κ2) is 6.51. The van der Waals surface area contributed by atoms with Gasteiger partial charge in [0.1, 0.15) is 5.52 Å². The average molecular weight is 277 g/mol. The third-order valence-corrected chi connectivity index (χ3v) is 3.10. The quantitative estimate of drug-likeness (QED) is 0.791. The molecular formula is C13H23N7. The SMILES string of the molecule is CCCN(CCN(C)C)c1nc(NC)nc2nc[nH]c12. The van der Waals surface area contributed by atoms with Crippen molar-refractivity contribution in [3.05, 3.63) is 6.33 Å². The minimum Gasteiger partial charge on any atom is -0.357 e. The Kier molecular flexibility index (Phi) is 4.73. The Morgan fingerprint density at radius 1 is 1.20 bits per heavy atom. The number of aromatic nitrogens is 4. The maximum Gasteiger partial charge on any atom is 0.226 e. The molecule has 0 bridgehead atoms. The van der Waals surface area contributed by atoms with Gasteiger partial charge in [-0.05, 0) is 20.5 Å². The molecule has 7 nitrogen and oxygen atoms in total.